The highest BCUT2D eigenvalue weighted by atomic mass is 31.2. The Morgan fingerprint density at radius 1 is 0.361 bits per heavy atom. The minimum atomic E-state index is -5.97. The van der Waals surface area contributed by atoms with Crippen LogP contribution in [0.5, 0.6) is 0 Å². The van der Waals surface area contributed by atoms with Crippen molar-refractivity contribution in [1.82, 2.24) is 0 Å². The molecule has 36 heavy (non-hydrogen) atoms. The highest BCUT2D eigenvalue weighted by Crippen LogP contribution is 2.57. The topological polar surface area (TPSA) is 383 Å². The molecule has 12 N–H and O–H groups in total. The van der Waals surface area contributed by atoms with E-state index in [1.165, 1.54) is 0 Å². The molecule has 6 atom stereocenters. The van der Waals surface area contributed by atoms with Gasteiger partial charge in [-0.15, -0.1) is 0 Å². The fraction of sp³-hybridized carbons (Fsp3) is 0.857. The van der Waals surface area contributed by atoms with E-state index in [0.717, 1.165) is 0 Å². The zero-order valence-corrected chi connectivity index (χ0v) is 22.1. The third-order valence-electron chi connectivity index (χ3n) is 3.53. The molecule has 0 aromatic rings. The van der Waals surface area contributed by atoms with Gasteiger partial charge >= 0.3 is 39.1 Å². The van der Waals surface area contributed by atoms with Crippen LogP contribution in [-0.4, -0.2) is 102 Å². The molecular formula is C7H20O23P6. The maximum absolute atomic E-state index is 11.5. The minimum absolute atomic E-state index is 2.66. The van der Waals surface area contributed by atoms with E-state index in [9.17, 15) is 81.5 Å². The van der Waals surface area contributed by atoms with E-state index in [2.05, 4.69) is 33.4 Å². The highest BCUT2D eigenvalue weighted by Gasteiger charge is 2.62. The summed E-state index contributed by atoms with van der Waals surface area (Å²) >= 11 is 0. The standard InChI is InChI=1S/C7H20O23P6/c1-31(8,9)25-2-3(26-32(10,11)12)5(28-34(16,17)18)7(30-36(22,23)24)6(29-35(19,20)21)4(2)27-33(13,14)15/h2-9H,1H2,(H2,10,11,12)(H2,13,14,15)(H2,16,17,18)(H2,19,20,21)(H2,22,23,24)/t2?,3-,4+,5+,6-,7?. The second kappa shape index (κ2) is 11.7. The van der Waals surface area contributed by atoms with Crippen molar-refractivity contribution in [2.24, 2.45) is 0 Å². The molecule has 1 aliphatic rings. The van der Waals surface area contributed by atoms with E-state index in [0.29, 0.717) is 0 Å². The Balaban J connectivity index is 4.04. The van der Waals surface area contributed by atoms with Gasteiger partial charge in [-0.3, -0.25) is 22.6 Å². The molecule has 216 valence electrons. The van der Waals surface area contributed by atoms with Gasteiger partial charge in [0.05, 0.1) is 0 Å². The lowest BCUT2D eigenvalue weighted by molar-refractivity contribution is -0.200. The van der Waals surface area contributed by atoms with E-state index in [-0.39, 0.29) is 0 Å². The van der Waals surface area contributed by atoms with Crippen LogP contribution in [0.15, 0.2) is 0 Å². The minimum Gasteiger partial charge on any atom is -0.333 e. The van der Waals surface area contributed by atoms with E-state index in [1.54, 1.807) is 0 Å². The van der Waals surface area contributed by atoms with Crippen LogP contribution in [0.3, 0.4) is 0 Å². The van der Waals surface area contributed by atoms with Crippen molar-refractivity contribution in [2.75, 3.05) is 0 Å². The van der Waals surface area contributed by atoms with Crippen molar-refractivity contribution >= 4 is 53.0 Å². The van der Waals surface area contributed by atoms with Crippen LogP contribution in [0.4, 0.5) is 0 Å². The maximum Gasteiger partial charge on any atom is 0.470 e. The zero-order valence-electron chi connectivity index (χ0n) is 16.7. The van der Waals surface area contributed by atoms with Gasteiger partial charge in [0.25, 0.3) is 0 Å². The second-order valence-electron chi connectivity index (χ2n) is 6.54. The average molecular weight is 658 g/mol. The molecule has 23 nitrogen and oxygen atoms in total. The predicted molar refractivity (Wildman–Crippen MR) is 108 cm³/mol. The van der Waals surface area contributed by atoms with Gasteiger partial charge in [-0.1, -0.05) is 0 Å². The normalized spacial score (nSPS) is 29.3. The third kappa shape index (κ3) is 13.2. The van der Waals surface area contributed by atoms with Crippen molar-refractivity contribution < 1.29 is 109 Å². The molecule has 0 saturated heterocycles. The van der Waals surface area contributed by atoms with Gasteiger partial charge in [-0.25, -0.2) is 22.8 Å². The van der Waals surface area contributed by atoms with E-state index >= 15 is 0 Å². The monoisotopic (exact) mass is 658 g/mol. The van der Waals surface area contributed by atoms with Crippen molar-refractivity contribution in [3.8, 4) is 0 Å². The van der Waals surface area contributed by atoms with Crippen LogP contribution in [0.1, 0.15) is 0 Å². The first-order valence-electron chi connectivity index (χ1n) is 8.14. The Morgan fingerprint density at radius 2 is 0.500 bits per heavy atom. The molecule has 0 amide bonds. The Labute approximate surface area is 198 Å². The summed E-state index contributed by atoms with van der Waals surface area (Å²) in [6, 6.07) is 0. The number of phosphoric ester groups is 5. The second-order valence-corrected chi connectivity index (χ2v) is 14.0. The van der Waals surface area contributed by atoms with Crippen molar-refractivity contribution in [2.45, 2.75) is 36.6 Å². The third-order valence-corrected chi connectivity index (χ3v) is 6.70. The molecule has 1 fully saturated rings. The maximum atomic E-state index is 11.5. The zero-order chi connectivity index (χ0) is 28.7. The van der Waals surface area contributed by atoms with Gasteiger partial charge in [0.15, 0.2) is 0 Å². The number of hydrogen-bond acceptors (Lipinski definition) is 13. The van der Waals surface area contributed by atoms with E-state index in [1.807, 2.05) is 0 Å². The summed E-state index contributed by atoms with van der Waals surface area (Å²) in [5.41, 5.74) is 0. The Hall–Kier alpha value is 0.730. The quantitative estimate of drug-likeness (QED) is 0.0927. The molecule has 0 heterocycles. The summed E-state index contributed by atoms with van der Waals surface area (Å²) < 4.78 is 82.8. The molecule has 1 aliphatic carbocycles. The van der Waals surface area contributed by atoms with Gasteiger partial charge in [0, 0.05) is 0 Å². The lowest BCUT2D eigenvalue weighted by Crippen LogP contribution is -2.66. The molecule has 0 radical (unpaired) electrons. The fourth-order valence-electron chi connectivity index (χ4n) is 2.83. The largest absolute Gasteiger partial charge is 0.470 e. The van der Waals surface area contributed by atoms with Crippen LogP contribution in [0.2, 0.25) is 0 Å². The van der Waals surface area contributed by atoms with Gasteiger partial charge in [-0.2, -0.15) is 0 Å². The number of hydrogen-bond donors (Lipinski definition) is 12. The van der Waals surface area contributed by atoms with Gasteiger partial charge < -0.3 is 63.2 Å². The molecule has 0 aliphatic heterocycles. The Bertz CT molecular complexity index is 820. The molecule has 0 spiro atoms. The summed E-state index contributed by atoms with van der Waals surface area (Å²) in [6.45, 7) is 0. The number of rotatable bonds is 12. The van der Waals surface area contributed by atoms with Crippen molar-refractivity contribution in [3.05, 3.63) is 0 Å². The Kier molecular flexibility index (Phi) is 11.3. The summed E-state index contributed by atoms with van der Waals surface area (Å²) in [5.74, 6) is 0. The molecule has 2 unspecified atom stereocenters. The smallest absolute Gasteiger partial charge is 0.333 e. The van der Waals surface area contributed by atoms with E-state index < -0.39 is 83.3 Å². The molecule has 0 aromatic carbocycles. The summed E-state index contributed by atoms with van der Waals surface area (Å²) in [4.78, 5) is 111. The summed E-state index contributed by atoms with van der Waals surface area (Å²) in [7, 11) is -34.8. The van der Waals surface area contributed by atoms with Crippen LogP contribution in [-0.2, 0) is 50.0 Å². The van der Waals surface area contributed by atoms with Gasteiger partial charge in [-0.05, 0) is 6.30 Å². The molecule has 0 aromatic heterocycles. The lowest BCUT2D eigenvalue weighted by atomic mass is 9.85. The van der Waals surface area contributed by atoms with E-state index in [4.69, 9.17) is 0 Å². The van der Waals surface area contributed by atoms with Crippen molar-refractivity contribution in [3.63, 3.8) is 0 Å². The number of phosphoric acid groups is 5. The lowest BCUT2D eigenvalue weighted by Gasteiger charge is -2.48. The average Bonchev–Trinajstić information content (AvgIpc) is 2.51. The molecule has 29 heteroatoms. The Morgan fingerprint density at radius 3 is 0.611 bits per heavy atom. The first kappa shape index (κ1) is 34.8. The van der Waals surface area contributed by atoms with Gasteiger partial charge in [0.1, 0.15) is 36.6 Å². The summed E-state index contributed by atoms with van der Waals surface area (Å²) in [5, 5.41) is 0. The SMILES string of the molecule is C=P(O)(O)OC1[C@@H](OP(=O)(O)O)[C@H](OP(=O)(O)O)C(OP(=O)(O)O)[C@H](OP(=O)(O)O)[C@H]1OP(=O)(O)O. The van der Waals surface area contributed by atoms with Crippen LogP contribution >= 0.6 is 46.7 Å². The first-order chi connectivity index (χ1) is 15.6. The molecule has 1 rings (SSSR count). The first-order valence-corrected chi connectivity index (χ1v) is 17.6. The summed E-state index contributed by atoms with van der Waals surface area (Å²) in [6.07, 6.45) is -15.3. The highest BCUT2D eigenvalue weighted by molar-refractivity contribution is 7.57. The van der Waals surface area contributed by atoms with Crippen LogP contribution in [0.25, 0.3) is 0 Å². The predicted octanol–water partition coefficient (Wildman–Crippen LogP) is -3.05. The van der Waals surface area contributed by atoms with Gasteiger partial charge in [0.2, 0.25) is 7.57 Å². The molecule has 0 bridgehead atoms. The van der Waals surface area contributed by atoms with Crippen LogP contribution < -0.4 is 0 Å². The molecular weight excluding hydrogens is 638 g/mol. The van der Waals surface area contributed by atoms with Crippen LogP contribution in [0, 0.1) is 0 Å². The molecule has 1 saturated carbocycles. The van der Waals surface area contributed by atoms with Crippen molar-refractivity contribution in [1.29, 1.82) is 0 Å². The fourth-order valence-corrected chi connectivity index (χ4v) is 6.24.